The molecule has 0 saturated carbocycles. The highest BCUT2D eigenvalue weighted by molar-refractivity contribution is 6.31. The van der Waals surface area contributed by atoms with Gasteiger partial charge in [0.05, 0.1) is 7.11 Å². The van der Waals surface area contributed by atoms with Crippen molar-refractivity contribution in [3.8, 4) is 5.75 Å². The van der Waals surface area contributed by atoms with E-state index < -0.39 is 5.82 Å². The van der Waals surface area contributed by atoms with Gasteiger partial charge in [0.1, 0.15) is 23.1 Å². The molecule has 1 heterocycles. The van der Waals surface area contributed by atoms with Gasteiger partial charge >= 0.3 is 0 Å². The Morgan fingerprint density at radius 1 is 1.26 bits per heavy atom. The highest BCUT2D eigenvalue weighted by atomic mass is 35.5. The number of amides is 1. The molecule has 23 heavy (non-hydrogen) atoms. The number of ether oxygens (including phenoxy) is 1. The van der Waals surface area contributed by atoms with Gasteiger partial charge in [0.15, 0.2) is 0 Å². The van der Waals surface area contributed by atoms with E-state index in [1.54, 1.807) is 24.3 Å². The van der Waals surface area contributed by atoms with Crippen molar-refractivity contribution in [1.29, 1.82) is 0 Å². The van der Waals surface area contributed by atoms with Gasteiger partial charge in [-0.2, -0.15) is 0 Å². The maximum absolute atomic E-state index is 13.4. The number of nitrogens with zero attached hydrogens (tertiary/aromatic N) is 1. The van der Waals surface area contributed by atoms with Crippen LogP contribution >= 0.6 is 11.6 Å². The number of hydrogen-bond donors (Lipinski definition) is 1. The zero-order valence-corrected chi connectivity index (χ0v) is 12.9. The molecule has 0 bridgehead atoms. The van der Waals surface area contributed by atoms with Gasteiger partial charge in [-0.15, -0.1) is 0 Å². The minimum absolute atomic E-state index is 0.170. The Morgan fingerprint density at radius 3 is 2.83 bits per heavy atom. The predicted molar refractivity (Wildman–Crippen MR) is 87.1 cm³/mol. The third-order valence-corrected chi connectivity index (χ3v) is 3.51. The number of halogens is 2. The summed E-state index contributed by atoms with van der Waals surface area (Å²) in [4.78, 5) is 16.3. The Kier molecular flexibility index (Phi) is 4.12. The molecule has 0 radical (unpaired) electrons. The van der Waals surface area contributed by atoms with Crippen LogP contribution in [0, 0.1) is 5.82 Å². The average Bonchev–Trinajstić information content (AvgIpc) is 2.89. The number of hydrogen-bond acceptors (Lipinski definition) is 3. The van der Waals surface area contributed by atoms with E-state index in [0.29, 0.717) is 27.7 Å². The van der Waals surface area contributed by atoms with E-state index in [1.165, 1.54) is 31.4 Å². The van der Waals surface area contributed by atoms with Crippen molar-refractivity contribution >= 4 is 29.4 Å². The van der Waals surface area contributed by atoms with Crippen molar-refractivity contribution in [2.45, 2.75) is 0 Å². The summed E-state index contributed by atoms with van der Waals surface area (Å²) in [5.74, 6) is 0.0682. The molecule has 1 aliphatic heterocycles. The van der Waals surface area contributed by atoms with Gasteiger partial charge < -0.3 is 10.1 Å². The van der Waals surface area contributed by atoms with E-state index in [4.69, 9.17) is 16.3 Å². The van der Waals surface area contributed by atoms with Crippen molar-refractivity contribution in [2.75, 3.05) is 7.11 Å². The fourth-order valence-electron chi connectivity index (χ4n) is 2.21. The molecule has 0 unspecified atom stereocenters. The highest BCUT2D eigenvalue weighted by Crippen LogP contribution is 2.24. The lowest BCUT2D eigenvalue weighted by molar-refractivity contribution is -0.115. The predicted octanol–water partition coefficient (Wildman–Crippen LogP) is 3.41. The van der Waals surface area contributed by atoms with Gasteiger partial charge in [0.2, 0.25) is 0 Å². The van der Waals surface area contributed by atoms with Crippen LogP contribution in [0.3, 0.4) is 0 Å². The SMILES string of the molecule is COc1ccc(F)cc1/C=C1/N=C(c2cccc(Cl)c2)NC1=O. The molecule has 0 spiro atoms. The number of nitrogens with one attached hydrogen (secondary N) is 1. The third kappa shape index (κ3) is 3.24. The fourth-order valence-corrected chi connectivity index (χ4v) is 2.40. The molecular formula is C17H12ClFN2O2. The zero-order valence-electron chi connectivity index (χ0n) is 12.1. The molecule has 1 amide bonds. The van der Waals surface area contributed by atoms with E-state index in [0.717, 1.165) is 0 Å². The molecule has 116 valence electrons. The number of amidine groups is 1. The Balaban J connectivity index is 2.00. The minimum Gasteiger partial charge on any atom is -0.496 e. The van der Waals surface area contributed by atoms with Crippen LogP contribution in [0.2, 0.25) is 5.02 Å². The number of carbonyl (C=O) groups excluding carboxylic acids is 1. The Morgan fingerprint density at radius 2 is 2.09 bits per heavy atom. The Hall–Kier alpha value is -2.66. The molecule has 0 aromatic heterocycles. The van der Waals surface area contributed by atoms with Crippen LogP contribution < -0.4 is 10.1 Å². The number of carbonyl (C=O) groups is 1. The maximum Gasteiger partial charge on any atom is 0.275 e. The fraction of sp³-hybridized carbons (Fsp3) is 0.0588. The van der Waals surface area contributed by atoms with Crippen molar-refractivity contribution in [2.24, 2.45) is 4.99 Å². The van der Waals surface area contributed by atoms with E-state index in [1.807, 2.05) is 0 Å². The van der Waals surface area contributed by atoms with Crippen molar-refractivity contribution < 1.29 is 13.9 Å². The molecule has 6 heteroatoms. The summed E-state index contributed by atoms with van der Waals surface area (Å²) in [6.07, 6.45) is 1.48. The van der Waals surface area contributed by atoms with E-state index in [9.17, 15) is 9.18 Å². The number of benzene rings is 2. The van der Waals surface area contributed by atoms with Crippen LogP contribution in [0.5, 0.6) is 5.75 Å². The van der Waals surface area contributed by atoms with E-state index >= 15 is 0 Å². The molecule has 0 atom stereocenters. The molecule has 2 aromatic rings. The summed E-state index contributed by atoms with van der Waals surface area (Å²) >= 11 is 5.94. The van der Waals surface area contributed by atoms with Gasteiger partial charge in [-0.1, -0.05) is 23.7 Å². The molecule has 3 rings (SSSR count). The zero-order chi connectivity index (χ0) is 16.4. The molecule has 2 aromatic carbocycles. The molecule has 1 N–H and O–H groups in total. The molecule has 0 saturated heterocycles. The lowest BCUT2D eigenvalue weighted by Crippen LogP contribution is -2.24. The van der Waals surface area contributed by atoms with Gasteiger partial charge in [-0.3, -0.25) is 4.79 Å². The van der Waals surface area contributed by atoms with Crippen LogP contribution in [0.1, 0.15) is 11.1 Å². The van der Waals surface area contributed by atoms with Crippen molar-refractivity contribution in [3.63, 3.8) is 0 Å². The van der Waals surface area contributed by atoms with Crippen LogP contribution in [-0.4, -0.2) is 18.9 Å². The van der Waals surface area contributed by atoms with Crippen LogP contribution in [0.25, 0.3) is 6.08 Å². The normalized spacial score (nSPS) is 15.5. The second-order valence-corrected chi connectivity index (χ2v) is 5.28. The number of methoxy groups -OCH3 is 1. The monoisotopic (exact) mass is 330 g/mol. The smallest absolute Gasteiger partial charge is 0.275 e. The number of rotatable bonds is 3. The highest BCUT2D eigenvalue weighted by Gasteiger charge is 2.21. The van der Waals surface area contributed by atoms with Gasteiger partial charge in [-0.25, -0.2) is 9.38 Å². The lowest BCUT2D eigenvalue weighted by atomic mass is 10.1. The van der Waals surface area contributed by atoms with E-state index in [2.05, 4.69) is 10.3 Å². The largest absolute Gasteiger partial charge is 0.496 e. The number of aliphatic imine (C=N–C) groups is 1. The first-order valence-corrected chi connectivity index (χ1v) is 7.16. The first kappa shape index (κ1) is 15.2. The Bertz CT molecular complexity index is 846. The summed E-state index contributed by atoms with van der Waals surface area (Å²) in [5.41, 5.74) is 1.30. The minimum atomic E-state index is -0.421. The Labute approximate surface area is 137 Å². The van der Waals surface area contributed by atoms with Gasteiger partial charge in [0, 0.05) is 16.1 Å². The summed E-state index contributed by atoms with van der Waals surface area (Å²) < 4.78 is 18.6. The molecule has 4 nitrogen and oxygen atoms in total. The van der Waals surface area contributed by atoms with Crippen LogP contribution in [-0.2, 0) is 4.79 Å². The van der Waals surface area contributed by atoms with Gasteiger partial charge in [-0.05, 0) is 36.4 Å². The van der Waals surface area contributed by atoms with Crippen molar-refractivity contribution in [3.05, 3.63) is 70.1 Å². The first-order valence-electron chi connectivity index (χ1n) is 6.78. The van der Waals surface area contributed by atoms with Crippen LogP contribution in [0.15, 0.2) is 53.2 Å². The quantitative estimate of drug-likeness (QED) is 0.877. The second kappa shape index (κ2) is 6.22. The molecular weight excluding hydrogens is 319 g/mol. The summed E-state index contributed by atoms with van der Waals surface area (Å²) in [5, 5.41) is 3.21. The summed E-state index contributed by atoms with van der Waals surface area (Å²) in [7, 11) is 1.48. The second-order valence-electron chi connectivity index (χ2n) is 4.84. The first-order chi connectivity index (χ1) is 11.1. The molecule has 0 fully saturated rings. The molecule has 1 aliphatic rings. The lowest BCUT2D eigenvalue weighted by Gasteiger charge is -2.04. The van der Waals surface area contributed by atoms with E-state index in [-0.39, 0.29) is 11.6 Å². The molecule has 0 aliphatic carbocycles. The average molecular weight is 331 g/mol. The topological polar surface area (TPSA) is 50.7 Å². The van der Waals surface area contributed by atoms with Crippen molar-refractivity contribution in [1.82, 2.24) is 5.32 Å². The van der Waals surface area contributed by atoms with Crippen LogP contribution in [0.4, 0.5) is 4.39 Å². The maximum atomic E-state index is 13.4. The summed E-state index contributed by atoms with van der Waals surface area (Å²) in [6.45, 7) is 0. The standard InChI is InChI=1S/C17H12ClFN2O2/c1-23-15-6-5-13(19)8-11(15)9-14-17(22)21-16(20-14)10-3-2-4-12(18)7-10/h2-9H,1H3,(H,20,21,22)/b14-9+. The van der Waals surface area contributed by atoms with Gasteiger partial charge in [0.25, 0.3) is 5.91 Å². The summed E-state index contributed by atoms with van der Waals surface area (Å²) in [6, 6.07) is 11.1. The third-order valence-electron chi connectivity index (χ3n) is 3.28.